The highest BCUT2D eigenvalue weighted by Crippen LogP contribution is 2.42. The maximum Gasteiger partial charge on any atom is 0.160 e. The van der Waals surface area contributed by atoms with Crippen LogP contribution in [0.1, 0.15) is 30.5 Å². The van der Waals surface area contributed by atoms with Crippen LogP contribution in [0, 0.1) is 5.92 Å². The normalized spacial score (nSPS) is 30.6. The third-order valence-electron chi connectivity index (χ3n) is 4.55. The first-order chi connectivity index (χ1) is 9.10. The molecule has 0 saturated carbocycles. The van der Waals surface area contributed by atoms with Crippen molar-refractivity contribution in [3.05, 3.63) is 23.3 Å². The zero-order valence-electron chi connectivity index (χ0n) is 11.5. The number of hydrogen-bond acceptors (Lipinski definition) is 4. The molecular formula is C15H21NO3. The molecule has 2 aliphatic heterocycles. The predicted octanol–water partition coefficient (Wildman–Crippen LogP) is 1.70. The van der Waals surface area contributed by atoms with Crippen molar-refractivity contribution in [2.75, 3.05) is 20.2 Å². The number of rotatable bonds is 1. The van der Waals surface area contributed by atoms with Gasteiger partial charge in [0, 0.05) is 19.1 Å². The lowest BCUT2D eigenvalue weighted by Crippen LogP contribution is -2.47. The average molecular weight is 263 g/mol. The second kappa shape index (κ2) is 4.69. The lowest BCUT2D eigenvalue weighted by atomic mass is 9.82. The summed E-state index contributed by atoms with van der Waals surface area (Å²) in [5.74, 6) is 1.05. The first kappa shape index (κ1) is 12.8. The van der Waals surface area contributed by atoms with Crippen molar-refractivity contribution >= 4 is 0 Å². The summed E-state index contributed by atoms with van der Waals surface area (Å²) in [4.78, 5) is 2.42. The Morgan fingerprint density at radius 2 is 2.16 bits per heavy atom. The molecule has 1 aromatic carbocycles. The van der Waals surface area contributed by atoms with Gasteiger partial charge in [0.2, 0.25) is 0 Å². The molecule has 2 N–H and O–H groups in total. The molecule has 4 heteroatoms. The molecule has 4 nitrogen and oxygen atoms in total. The van der Waals surface area contributed by atoms with E-state index < -0.39 is 0 Å². The molecule has 3 unspecified atom stereocenters. The molecule has 104 valence electrons. The number of phenols is 1. The Hall–Kier alpha value is -1.26. The fourth-order valence-electron chi connectivity index (χ4n) is 3.38. The maximum atomic E-state index is 10.1. The highest BCUT2D eigenvalue weighted by molar-refractivity contribution is 5.48. The van der Waals surface area contributed by atoms with Gasteiger partial charge in [-0.1, -0.05) is 6.92 Å². The molecule has 2 heterocycles. The van der Waals surface area contributed by atoms with Gasteiger partial charge in [0.15, 0.2) is 11.5 Å². The summed E-state index contributed by atoms with van der Waals surface area (Å²) in [5, 5.41) is 20.1. The van der Waals surface area contributed by atoms with Crippen LogP contribution in [-0.2, 0) is 6.42 Å². The number of aliphatic hydroxyl groups is 1. The van der Waals surface area contributed by atoms with Crippen molar-refractivity contribution in [3.63, 3.8) is 0 Å². The third kappa shape index (κ3) is 2.09. The lowest BCUT2D eigenvalue weighted by molar-refractivity contribution is -0.00494. The maximum absolute atomic E-state index is 10.1. The second-order valence-corrected chi connectivity index (χ2v) is 5.76. The Bertz CT molecular complexity index is 489. The zero-order chi connectivity index (χ0) is 13.6. The van der Waals surface area contributed by atoms with Crippen LogP contribution in [0.4, 0.5) is 0 Å². The summed E-state index contributed by atoms with van der Waals surface area (Å²) in [5.41, 5.74) is 2.38. The van der Waals surface area contributed by atoms with Crippen LogP contribution in [0.2, 0.25) is 0 Å². The van der Waals surface area contributed by atoms with Gasteiger partial charge >= 0.3 is 0 Å². The fourth-order valence-corrected chi connectivity index (χ4v) is 3.38. The van der Waals surface area contributed by atoms with Crippen LogP contribution in [0.25, 0.3) is 0 Å². The molecule has 1 fully saturated rings. The minimum atomic E-state index is -0.253. The first-order valence-electron chi connectivity index (χ1n) is 6.92. The Balaban J connectivity index is 1.98. The monoisotopic (exact) mass is 263 g/mol. The molecule has 3 rings (SSSR count). The van der Waals surface area contributed by atoms with Gasteiger partial charge in [-0.05, 0) is 42.0 Å². The number of aromatic hydroxyl groups is 1. The Morgan fingerprint density at radius 3 is 2.89 bits per heavy atom. The lowest BCUT2D eigenvalue weighted by Gasteiger charge is -2.45. The molecule has 0 aromatic heterocycles. The van der Waals surface area contributed by atoms with E-state index in [-0.39, 0.29) is 17.9 Å². The van der Waals surface area contributed by atoms with Gasteiger partial charge in [-0.15, -0.1) is 0 Å². The Morgan fingerprint density at radius 1 is 1.37 bits per heavy atom. The van der Waals surface area contributed by atoms with Crippen LogP contribution < -0.4 is 4.74 Å². The molecule has 1 aromatic rings. The standard InChI is InChI=1S/C15H21NO3/c1-9-8-16-4-3-10-5-15(19-2)14(18)6-11(10)12(16)7-13(9)17/h5-6,9,12-13,17-18H,3-4,7-8H2,1-2H3. The smallest absolute Gasteiger partial charge is 0.160 e. The summed E-state index contributed by atoms with van der Waals surface area (Å²) in [6.07, 6.45) is 1.47. The van der Waals surface area contributed by atoms with Crippen molar-refractivity contribution in [1.29, 1.82) is 0 Å². The van der Waals surface area contributed by atoms with Crippen LogP contribution >= 0.6 is 0 Å². The Kier molecular flexibility index (Phi) is 3.15. The van der Waals surface area contributed by atoms with Crippen LogP contribution in [0.5, 0.6) is 11.5 Å². The molecular weight excluding hydrogens is 242 g/mol. The Labute approximate surface area is 113 Å². The molecule has 0 amide bonds. The topological polar surface area (TPSA) is 52.9 Å². The van der Waals surface area contributed by atoms with Crippen LogP contribution in [0.3, 0.4) is 0 Å². The van der Waals surface area contributed by atoms with Crippen molar-refractivity contribution in [3.8, 4) is 11.5 Å². The predicted molar refractivity (Wildman–Crippen MR) is 72.5 cm³/mol. The van der Waals surface area contributed by atoms with Crippen molar-refractivity contribution in [2.24, 2.45) is 5.92 Å². The highest BCUT2D eigenvalue weighted by Gasteiger charge is 2.36. The number of benzene rings is 1. The molecule has 0 aliphatic carbocycles. The minimum Gasteiger partial charge on any atom is -0.504 e. The molecule has 0 bridgehead atoms. The van der Waals surface area contributed by atoms with Gasteiger partial charge in [-0.3, -0.25) is 4.90 Å². The highest BCUT2D eigenvalue weighted by atomic mass is 16.5. The SMILES string of the molecule is COc1cc2c(cc1O)C1CC(O)C(C)CN1CC2. The second-order valence-electron chi connectivity index (χ2n) is 5.76. The summed E-state index contributed by atoms with van der Waals surface area (Å²) >= 11 is 0. The largest absolute Gasteiger partial charge is 0.504 e. The van der Waals surface area contributed by atoms with Crippen molar-refractivity contribution in [1.82, 2.24) is 4.90 Å². The van der Waals surface area contributed by atoms with E-state index in [1.165, 1.54) is 5.56 Å². The van der Waals surface area contributed by atoms with Gasteiger partial charge in [-0.25, -0.2) is 0 Å². The van der Waals surface area contributed by atoms with Gasteiger partial charge < -0.3 is 14.9 Å². The van der Waals surface area contributed by atoms with E-state index in [0.717, 1.165) is 31.5 Å². The van der Waals surface area contributed by atoms with E-state index in [1.807, 2.05) is 12.1 Å². The third-order valence-corrected chi connectivity index (χ3v) is 4.55. The zero-order valence-corrected chi connectivity index (χ0v) is 11.5. The van der Waals surface area contributed by atoms with Gasteiger partial charge in [0.25, 0.3) is 0 Å². The number of methoxy groups -OCH3 is 1. The van der Waals surface area contributed by atoms with E-state index >= 15 is 0 Å². The molecule has 0 spiro atoms. The van der Waals surface area contributed by atoms with E-state index in [0.29, 0.717) is 11.7 Å². The first-order valence-corrected chi connectivity index (χ1v) is 6.92. The molecule has 0 radical (unpaired) electrons. The van der Waals surface area contributed by atoms with E-state index in [9.17, 15) is 10.2 Å². The van der Waals surface area contributed by atoms with E-state index in [4.69, 9.17) is 4.74 Å². The number of nitrogens with zero attached hydrogens (tertiary/aromatic N) is 1. The number of aliphatic hydroxyl groups excluding tert-OH is 1. The number of piperidine rings is 1. The summed E-state index contributed by atoms with van der Waals surface area (Å²) in [6.45, 7) is 4.04. The number of phenolic OH excluding ortho intramolecular Hbond substituents is 1. The summed E-state index contributed by atoms with van der Waals surface area (Å²) < 4.78 is 5.17. The number of ether oxygens (including phenoxy) is 1. The molecule has 3 atom stereocenters. The van der Waals surface area contributed by atoms with Gasteiger partial charge in [0.1, 0.15) is 0 Å². The molecule has 19 heavy (non-hydrogen) atoms. The van der Waals surface area contributed by atoms with Gasteiger partial charge in [0.05, 0.1) is 13.2 Å². The van der Waals surface area contributed by atoms with Crippen molar-refractivity contribution < 1.29 is 14.9 Å². The number of fused-ring (bicyclic) bond motifs is 3. The molecule has 1 saturated heterocycles. The van der Waals surface area contributed by atoms with Crippen LogP contribution in [-0.4, -0.2) is 41.4 Å². The summed E-state index contributed by atoms with van der Waals surface area (Å²) in [6, 6.07) is 3.98. The van der Waals surface area contributed by atoms with E-state index in [2.05, 4.69) is 11.8 Å². The fraction of sp³-hybridized carbons (Fsp3) is 0.600. The average Bonchev–Trinajstić information content (AvgIpc) is 2.40. The van der Waals surface area contributed by atoms with Crippen LogP contribution in [0.15, 0.2) is 12.1 Å². The quantitative estimate of drug-likeness (QED) is 0.810. The van der Waals surface area contributed by atoms with Crippen molar-refractivity contribution in [2.45, 2.75) is 31.9 Å². The molecule has 2 aliphatic rings. The number of hydrogen-bond donors (Lipinski definition) is 2. The van der Waals surface area contributed by atoms with Gasteiger partial charge in [-0.2, -0.15) is 0 Å². The minimum absolute atomic E-state index is 0.191. The summed E-state index contributed by atoms with van der Waals surface area (Å²) in [7, 11) is 1.57. The van der Waals surface area contributed by atoms with E-state index in [1.54, 1.807) is 7.11 Å².